The summed E-state index contributed by atoms with van der Waals surface area (Å²) in [5.41, 5.74) is 1.44. The van der Waals surface area contributed by atoms with Gasteiger partial charge in [-0.05, 0) is 43.2 Å². The fourth-order valence-corrected chi connectivity index (χ4v) is 3.50. The van der Waals surface area contributed by atoms with Gasteiger partial charge in [0.1, 0.15) is 11.6 Å². The Bertz CT molecular complexity index is 552. The first kappa shape index (κ1) is 12.4. The number of rotatable bonds is 4. The molecule has 1 atom stereocenters. The van der Waals surface area contributed by atoms with E-state index in [1.807, 2.05) is 11.3 Å². The Balaban J connectivity index is 1.77. The second-order valence-corrected chi connectivity index (χ2v) is 5.71. The summed E-state index contributed by atoms with van der Waals surface area (Å²) in [5.74, 6) is 1.68. The van der Waals surface area contributed by atoms with Crippen LogP contribution in [0.5, 0.6) is 0 Å². The maximum absolute atomic E-state index is 4.53. The van der Waals surface area contributed by atoms with Gasteiger partial charge in [-0.1, -0.05) is 0 Å². The zero-order chi connectivity index (χ0) is 13.1. The van der Waals surface area contributed by atoms with E-state index in [9.17, 15) is 0 Å². The molecule has 0 fully saturated rings. The van der Waals surface area contributed by atoms with Crippen molar-refractivity contribution in [3.63, 3.8) is 0 Å². The van der Waals surface area contributed by atoms with Crippen LogP contribution in [0.1, 0.15) is 36.2 Å². The highest BCUT2D eigenvalue weighted by molar-refractivity contribution is 7.10. The average Bonchev–Trinajstić information content (AvgIpc) is 2.89. The molecule has 1 unspecified atom stereocenters. The summed E-state index contributed by atoms with van der Waals surface area (Å²) in [5, 5.41) is 8.89. The van der Waals surface area contributed by atoms with Crippen LogP contribution in [0.3, 0.4) is 0 Å². The summed E-state index contributed by atoms with van der Waals surface area (Å²) in [4.78, 5) is 10.3. The van der Waals surface area contributed by atoms with Crippen molar-refractivity contribution in [1.82, 2.24) is 9.97 Å². The van der Waals surface area contributed by atoms with Crippen LogP contribution in [0, 0.1) is 0 Å². The van der Waals surface area contributed by atoms with Gasteiger partial charge in [-0.15, -0.1) is 11.3 Å². The van der Waals surface area contributed by atoms with Gasteiger partial charge in [0.05, 0.1) is 18.4 Å². The number of hydrogen-bond donors (Lipinski definition) is 2. The van der Waals surface area contributed by atoms with Gasteiger partial charge in [0.2, 0.25) is 0 Å². The minimum absolute atomic E-state index is 0.376. The monoisotopic (exact) mass is 274 g/mol. The lowest BCUT2D eigenvalue weighted by Gasteiger charge is -2.24. The number of hydrogen-bond acceptors (Lipinski definition) is 5. The van der Waals surface area contributed by atoms with Gasteiger partial charge in [-0.25, -0.2) is 4.98 Å². The predicted molar refractivity (Wildman–Crippen MR) is 79.8 cm³/mol. The first-order chi connectivity index (χ1) is 9.36. The molecule has 0 saturated heterocycles. The molecule has 0 aliphatic heterocycles. The van der Waals surface area contributed by atoms with Crippen LogP contribution in [-0.2, 0) is 6.42 Å². The van der Waals surface area contributed by atoms with Gasteiger partial charge < -0.3 is 10.6 Å². The molecule has 2 N–H and O–H groups in total. The van der Waals surface area contributed by atoms with E-state index in [4.69, 9.17) is 0 Å². The SMILES string of the molecule is CCNc1cncc(NC2CCCc3sccc32)n1. The van der Waals surface area contributed by atoms with Crippen LogP contribution in [0.25, 0.3) is 0 Å². The van der Waals surface area contributed by atoms with E-state index in [0.29, 0.717) is 6.04 Å². The molecule has 5 heteroatoms. The summed E-state index contributed by atoms with van der Waals surface area (Å²) < 4.78 is 0. The maximum Gasteiger partial charge on any atom is 0.147 e. The summed E-state index contributed by atoms with van der Waals surface area (Å²) in [6.45, 7) is 2.91. The van der Waals surface area contributed by atoms with Gasteiger partial charge in [0.25, 0.3) is 0 Å². The molecule has 2 aromatic heterocycles. The molecule has 0 saturated carbocycles. The van der Waals surface area contributed by atoms with Crippen molar-refractivity contribution >= 4 is 23.0 Å². The number of thiophene rings is 1. The number of aromatic nitrogens is 2. The minimum atomic E-state index is 0.376. The molecule has 1 aliphatic rings. The van der Waals surface area contributed by atoms with Crippen molar-refractivity contribution in [3.8, 4) is 0 Å². The smallest absolute Gasteiger partial charge is 0.147 e. The van der Waals surface area contributed by atoms with Crippen molar-refractivity contribution in [1.29, 1.82) is 0 Å². The fourth-order valence-electron chi connectivity index (χ4n) is 2.52. The number of anilines is 2. The molecular weight excluding hydrogens is 256 g/mol. The van der Waals surface area contributed by atoms with Crippen molar-refractivity contribution in [2.45, 2.75) is 32.2 Å². The number of fused-ring (bicyclic) bond motifs is 1. The van der Waals surface area contributed by atoms with Gasteiger partial charge >= 0.3 is 0 Å². The molecule has 0 amide bonds. The normalized spacial score (nSPS) is 17.8. The zero-order valence-electron chi connectivity index (χ0n) is 11.0. The lowest BCUT2D eigenvalue weighted by Crippen LogP contribution is -2.16. The van der Waals surface area contributed by atoms with Crippen molar-refractivity contribution in [2.75, 3.05) is 17.2 Å². The summed E-state index contributed by atoms with van der Waals surface area (Å²) in [7, 11) is 0. The lowest BCUT2D eigenvalue weighted by atomic mass is 9.94. The lowest BCUT2D eigenvalue weighted by molar-refractivity contribution is 0.607. The third-order valence-corrected chi connectivity index (χ3v) is 4.36. The van der Waals surface area contributed by atoms with Crippen molar-refractivity contribution in [3.05, 3.63) is 34.3 Å². The third-order valence-electron chi connectivity index (χ3n) is 3.37. The molecule has 2 heterocycles. The third kappa shape index (κ3) is 2.71. The van der Waals surface area contributed by atoms with E-state index in [0.717, 1.165) is 24.6 Å². The van der Waals surface area contributed by atoms with E-state index in [1.54, 1.807) is 12.4 Å². The van der Waals surface area contributed by atoms with Crippen molar-refractivity contribution < 1.29 is 0 Å². The Morgan fingerprint density at radius 1 is 1.37 bits per heavy atom. The van der Waals surface area contributed by atoms with Crippen LogP contribution in [0.4, 0.5) is 11.6 Å². The molecule has 0 spiro atoms. The van der Waals surface area contributed by atoms with Crippen LogP contribution in [0.15, 0.2) is 23.8 Å². The Morgan fingerprint density at radius 3 is 3.16 bits per heavy atom. The van der Waals surface area contributed by atoms with Crippen LogP contribution in [-0.4, -0.2) is 16.5 Å². The standard InChI is InChI=1S/C14H18N4S/c1-2-16-13-8-15-9-14(18-13)17-11-4-3-5-12-10(11)6-7-19-12/h6-9,11H,2-5H2,1H3,(H2,16,17,18). The molecule has 1 aliphatic carbocycles. The van der Waals surface area contributed by atoms with Gasteiger partial charge in [-0.3, -0.25) is 4.98 Å². The maximum atomic E-state index is 4.53. The molecule has 0 radical (unpaired) electrons. The number of nitrogens with one attached hydrogen (secondary N) is 2. The zero-order valence-corrected chi connectivity index (χ0v) is 11.8. The summed E-state index contributed by atoms with van der Waals surface area (Å²) in [6.07, 6.45) is 7.17. The van der Waals surface area contributed by atoms with Crippen LogP contribution >= 0.6 is 11.3 Å². The van der Waals surface area contributed by atoms with E-state index < -0.39 is 0 Å². The first-order valence-electron chi connectivity index (χ1n) is 6.75. The largest absolute Gasteiger partial charge is 0.369 e. The van der Waals surface area contributed by atoms with Crippen LogP contribution < -0.4 is 10.6 Å². The molecule has 4 nitrogen and oxygen atoms in total. The molecule has 2 aromatic rings. The van der Waals surface area contributed by atoms with Crippen molar-refractivity contribution in [2.24, 2.45) is 0 Å². The number of aryl methyl sites for hydroxylation is 1. The molecule has 0 bridgehead atoms. The molecule has 0 aromatic carbocycles. The average molecular weight is 274 g/mol. The van der Waals surface area contributed by atoms with Crippen LogP contribution in [0.2, 0.25) is 0 Å². The predicted octanol–water partition coefficient (Wildman–Crippen LogP) is 3.46. The van der Waals surface area contributed by atoms with E-state index in [1.165, 1.54) is 23.3 Å². The quantitative estimate of drug-likeness (QED) is 0.896. The Hall–Kier alpha value is -1.62. The fraction of sp³-hybridized carbons (Fsp3) is 0.429. The van der Waals surface area contributed by atoms with E-state index in [2.05, 4.69) is 39.0 Å². The summed E-state index contributed by atoms with van der Waals surface area (Å²) >= 11 is 1.86. The van der Waals surface area contributed by atoms with Gasteiger partial charge in [0.15, 0.2) is 0 Å². The second kappa shape index (κ2) is 5.57. The van der Waals surface area contributed by atoms with Gasteiger partial charge in [-0.2, -0.15) is 0 Å². The first-order valence-corrected chi connectivity index (χ1v) is 7.63. The minimum Gasteiger partial charge on any atom is -0.369 e. The van der Waals surface area contributed by atoms with E-state index in [-0.39, 0.29) is 0 Å². The van der Waals surface area contributed by atoms with Gasteiger partial charge in [0, 0.05) is 11.4 Å². The molecular formula is C14H18N4S. The second-order valence-electron chi connectivity index (χ2n) is 4.71. The highest BCUT2D eigenvalue weighted by Crippen LogP contribution is 2.35. The molecule has 3 rings (SSSR count). The highest BCUT2D eigenvalue weighted by Gasteiger charge is 2.21. The van der Waals surface area contributed by atoms with E-state index >= 15 is 0 Å². The summed E-state index contributed by atoms with van der Waals surface area (Å²) in [6, 6.07) is 2.61. The Kier molecular flexibility index (Phi) is 3.64. The number of nitrogens with zero attached hydrogens (tertiary/aromatic N) is 2. The highest BCUT2D eigenvalue weighted by atomic mass is 32.1. The molecule has 100 valence electrons. The topological polar surface area (TPSA) is 49.8 Å². The molecule has 19 heavy (non-hydrogen) atoms. The Labute approximate surface area is 117 Å². The Morgan fingerprint density at radius 2 is 2.26 bits per heavy atom.